The highest BCUT2D eigenvalue weighted by molar-refractivity contribution is 8.00. The smallest absolute Gasteiger partial charge is 0.0628 e. The molecule has 2 N–H and O–H groups in total. The number of rotatable bonds is 3. The van der Waals surface area contributed by atoms with Crippen LogP contribution in [0.1, 0.15) is 26.7 Å². The van der Waals surface area contributed by atoms with Gasteiger partial charge < -0.3 is 10.4 Å². The van der Waals surface area contributed by atoms with Crippen molar-refractivity contribution >= 4 is 11.8 Å². The Morgan fingerprint density at radius 1 is 1.50 bits per heavy atom. The molecule has 0 aromatic carbocycles. The van der Waals surface area contributed by atoms with Crippen LogP contribution in [0.15, 0.2) is 0 Å². The number of aliphatic hydroxyl groups is 1. The van der Waals surface area contributed by atoms with Gasteiger partial charge in [0.25, 0.3) is 0 Å². The molecular formula is C9H19NOS. The molecule has 1 aliphatic heterocycles. The first-order chi connectivity index (χ1) is 5.70. The van der Waals surface area contributed by atoms with Crippen molar-refractivity contribution in [2.24, 2.45) is 0 Å². The van der Waals surface area contributed by atoms with Crippen LogP contribution in [-0.4, -0.2) is 34.8 Å². The summed E-state index contributed by atoms with van der Waals surface area (Å²) in [6, 6.07) is 0. The first-order valence-corrected chi connectivity index (χ1v) is 5.68. The Kier molecular flexibility index (Phi) is 4.40. The van der Waals surface area contributed by atoms with Crippen LogP contribution >= 0.6 is 11.8 Å². The second-order valence-corrected chi connectivity index (χ2v) is 5.23. The summed E-state index contributed by atoms with van der Waals surface area (Å²) in [6.07, 6.45) is 2.40. The van der Waals surface area contributed by atoms with Gasteiger partial charge in [-0.3, -0.25) is 0 Å². The first kappa shape index (κ1) is 10.4. The van der Waals surface area contributed by atoms with E-state index in [9.17, 15) is 5.11 Å². The summed E-state index contributed by atoms with van der Waals surface area (Å²) in [4.78, 5) is 0. The van der Waals surface area contributed by atoms with Crippen LogP contribution in [0, 0.1) is 0 Å². The van der Waals surface area contributed by atoms with Crippen molar-refractivity contribution < 1.29 is 5.11 Å². The van der Waals surface area contributed by atoms with Gasteiger partial charge in [0.05, 0.1) is 6.10 Å². The molecule has 1 fully saturated rings. The Morgan fingerprint density at radius 2 is 2.25 bits per heavy atom. The van der Waals surface area contributed by atoms with Gasteiger partial charge in [0.15, 0.2) is 0 Å². The third-order valence-corrected chi connectivity index (χ3v) is 3.95. The lowest BCUT2D eigenvalue weighted by Crippen LogP contribution is -2.33. The molecule has 0 aliphatic carbocycles. The van der Waals surface area contributed by atoms with Crippen LogP contribution in [0.2, 0.25) is 0 Å². The van der Waals surface area contributed by atoms with Crippen molar-refractivity contribution in [2.75, 3.05) is 13.1 Å². The van der Waals surface area contributed by atoms with Crippen molar-refractivity contribution in [2.45, 2.75) is 43.3 Å². The number of hydrogen-bond donors (Lipinski definition) is 2. The molecule has 0 bridgehead atoms. The highest BCUT2D eigenvalue weighted by Gasteiger charge is 2.18. The lowest BCUT2D eigenvalue weighted by Gasteiger charge is -2.26. The van der Waals surface area contributed by atoms with Gasteiger partial charge in [-0.15, -0.1) is 0 Å². The molecule has 1 rings (SSSR count). The van der Waals surface area contributed by atoms with Gasteiger partial charge in [0, 0.05) is 17.0 Å². The SMILES string of the molecule is CC(O)C(C)SC1CCCNC1. The minimum atomic E-state index is -0.183. The maximum atomic E-state index is 9.31. The highest BCUT2D eigenvalue weighted by Crippen LogP contribution is 2.24. The number of hydrogen-bond acceptors (Lipinski definition) is 3. The van der Waals surface area contributed by atoms with Gasteiger partial charge in [-0.05, 0) is 26.3 Å². The molecule has 0 spiro atoms. The first-order valence-electron chi connectivity index (χ1n) is 4.74. The minimum absolute atomic E-state index is 0.183. The van der Waals surface area contributed by atoms with Crippen molar-refractivity contribution in [1.82, 2.24) is 5.32 Å². The summed E-state index contributed by atoms with van der Waals surface area (Å²) in [7, 11) is 0. The summed E-state index contributed by atoms with van der Waals surface area (Å²) < 4.78 is 0. The summed E-state index contributed by atoms with van der Waals surface area (Å²) in [5.41, 5.74) is 0. The average molecular weight is 189 g/mol. The molecule has 1 saturated heterocycles. The highest BCUT2D eigenvalue weighted by atomic mass is 32.2. The molecule has 1 aliphatic rings. The number of thioether (sulfide) groups is 1. The molecule has 2 nitrogen and oxygen atoms in total. The fraction of sp³-hybridized carbons (Fsp3) is 1.00. The predicted octanol–water partition coefficient (Wildman–Crippen LogP) is 1.24. The van der Waals surface area contributed by atoms with E-state index in [4.69, 9.17) is 0 Å². The Hall–Kier alpha value is 0.270. The molecule has 0 aromatic heterocycles. The lowest BCUT2D eigenvalue weighted by molar-refractivity contribution is 0.196. The van der Waals surface area contributed by atoms with Crippen LogP contribution in [0.4, 0.5) is 0 Å². The Labute approximate surface area is 79.1 Å². The van der Waals surface area contributed by atoms with E-state index >= 15 is 0 Å². The second-order valence-electron chi connectivity index (χ2n) is 3.55. The Bertz CT molecular complexity index is 124. The molecule has 72 valence electrons. The maximum absolute atomic E-state index is 9.31. The van der Waals surface area contributed by atoms with E-state index in [0.717, 1.165) is 6.54 Å². The second kappa shape index (κ2) is 5.10. The molecule has 0 aromatic rings. The number of aliphatic hydroxyl groups excluding tert-OH is 1. The zero-order valence-electron chi connectivity index (χ0n) is 7.92. The van der Waals surface area contributed by atoms with E-state index < -0.39 is 0 Å². The normalized spacial score (nSPS) is 29.8. The zero-order chi connectivity index (χ0) is 8.97. The van der Waals surface area contributed by atoms with E-state index in [2.05, 4.69) is 12.2 Å². The summed E-state index contributed by atoms with van der Waals surface area (Å²) in [5, 5.41) is 13.8. The largest absolute Gasteiger partial charge is 0.392 e. The molecule has 3 atom stereocenters. The van der Waals surface area contributed by atoms with Crippen LogP contribution in [0.3, 0.4) is 0 Å². The Morgan fingerprint density at radius 3 is 2.75 bits per heavy atom. The molecule has 0 radical (unpaired) electrons. The topological polar surface area (TPSA) is 32.3 Å². The Balaban J connectivity index is 2.20. The molecule has 0 saturated carbocycles. The monoisotopic (exact) mass is 189 g/mol. The van der Waals surface area contributed by atoms with Gasteiger partial charge in [-0.1, -0.05) is 6.92 Å². The van der Waals surface area contributed by atoms with E-state index in [0.29, 0.717) is 10.5 Å². The van der Waals surface area contributed by atoms with Crippen LogP contribution < -0.4 is 5.32 Å². The minimum Gasteiger partial charge on any atom is -0.392 e. The zero-order valence-corrected chi connectivity index (χ0v) is 8.73. The van der Waals surface area contributed by atoms with E-state index in [1.54, 1.807) is 0 Å². The maximum Gasteiger partial charge on any atom is 0.0628 e. The van der Waals surface area contributed by atoms with Gasteiger partial charge in [-0.2, -0.15) is 11.8 Å². The van der Waals surface area contributed by atoms with Crippen molar-refractivity contribution in [3.8, 4) is 0 Å². The van der Waals surface area contributed by atoms with E-state index in [1.807, 2.05) is 18.7 Å². The average Bonchev–Trinajstić information content (AvgIpc) is 2.06. The fourth-order valence-electron chi connectivity index (χ4n) is 1.35. The van der Waals surface area contributed by atoms with E-state index in [1.165, 1.54) is 19.4 Å². The number of piperidine rings is 1. The molecule has 1 heterocycles. The van der Waals surface area contributed by atoms with E-state index in [-0.39, 0.29) is 6.10 Å². The van der Waals surface area contributed by atoms with Crippen LogP contribution in [-0.2, 0) is 0 Å². The molecule has 0 amide bonds. The van der Waals surface area contributed by atoms with Gasteiger partial charge in [-0.25, -0.2) is 0 Å². The van der Waals surface area contributed by atoms with Crippen molar-refractivity contribution in [1.29, 1.82) is 0 Å². The van der Waals surface area contributed by atoms with Gasteiger partial charge in [0.1, 0.15) is 0 Å². The quantitative estimate of drug-likeness (QED) is 0.700. The van der Waals surface area contributed by atoms with Gasteiger partial charge in [0.2, 0.25) is 0 Å². The standard InChI is InChI=1S/C9H19NOS/c1-7(11)8(2)12-9-4-3-5-10-6-9/h7-11H,3-6H2,1-2H3. The fourth-order valence-corrected chi connectivity index (χ4v) is 2.70. The molecule has 12 heavy (non-hydrogen) atoms. The van der Waals surface area contributed by atoms with Gasteiger partial charge >= 0.3 is 0 Å². The molecule has 3 unspecified atom stereocenters. The summed E-state index contributed by atoms with van der Waals surface area (Å²) in [5.74, 6) is 0. The number of nitrogens with one attached hydrogen (secondary N) is 1. The lowest BCUT2D eigenvalue weighted by atomic mass is 10.2. The van der Waals surface area contributed by atoms with Crippen LogP contribution in [0.25, 0.3) is 0 Å². The van der Waals surface area contributed by atoms with Crippen molar-refractivity contribution in [3.05, 3.63) is 0 Å². The predicted molar refractivity (Wildman–Crippen MR) is 54.6 cm³/mol. The third-order valence-electron chi connectivity index (χ3n) is 2.34. The molecular weight excluding hydrogens is 170 g/mol. The van der Waals surface area contributed by atoms with Crippen molar-refractivity contribution in [3.63, 3.8) is 0 Å². The van der Waals surface area contributed by atoms with Crippen LogP contribution in [0.5, 0.6) is 0 Å². The third kappa shape index (κ3) is 3.33. The molecule has 3 heteroatoms. The summed E-state index contributed by atoms with van der Waals surface area (Å²) in [6.45, 7) is 6.25. The summed E-state index contributed by atoms with van der Waals surface area (Å²) >= 11 is 1.92.